The first-order valence-electron chi connectivity index (χ1n) is 4.91. The Morgan fingerprint density at radius 1 is 0.882 bits per heavy atom. The molecule has 0 unspecified atom stereocenters. The Morgan fingerprint density at radius 3 is 2.06 bits per heavy atom. The molecule has 17 heavy (non-hydrogen) atoms. The molecule has 0 saturated carbocycles. The summed E-state index contributed by atoms with van der Waals surface area (Å²) < 4.78 is 27.3. The van der Waals surface area contributed by atoms with E-state index >= 15 is 0 Å². The number of hydrogen-bond acceptors (Lipinski definition) is 2. The van der Waals surface area contributed by atoms with Crippen molar-refractivity contribution in [3.63, 3.8) is 0 Å². The molecule has 3 nitrogen and oxygen atoms in total. The van der Waals surface area contributed by atoms with Crippen LogP contribution in [-0.4, -0.2) is 8.42 Å². The van der Waals surface area contributed by atoms with Gasteiger partial charge in [-0.3, -0.25) is 4.72 Å². The van der Waals surface area contributed by atoms with Crippen LogP contribution < -0.4 is 4.72 Å². The summed E-state index contributed by atoms with van der Waals surface area (Å²) in [6.07, 6.45) is 0. The Balaban J connectivity index is 2.27. The van der Waals surface area contributed by atoms with Gasteiger partial charge in [-0.2, -0.15) is 0 Å². The van der Waals surface area contributed by atoms with Gasteiger partial charge in [0.05, 0.1) is 4.90 Å². The maximum absolute atomic E-state index is 12.0. The number of sulfonamides is 1. The fourth-order valence-corrected chi connectivity index (χ4v) is 2.68. The summed E-state index contributed by atoms with van der Waals surface area (Å²) in [7, 11) is -3.49. The van der Waals surface area contributed by atoms with Crippen molar-refractivity contribution < 1.29 is 8.42 Å². The van der Waals surface area contributed by atoms with E-state index in [2.05, 4.69) is 20.7 Å². The SMILES string of the molecule is O=S(=O)(Nc1ccc(Br)cc1)c1ccccc1. The molecule has 0 aliphatic heterocycles. The Bertz CT molecular complexity index is 594. The fourth-order valence-electron chi connectivity index (χ4n) is 1.33. The van der Waals surface area contributed by atoms with Gasteiger partial charge in [0.15, 0.2) is 0 Å². The molecule has 0 heterocycles. The van der Waals surface area contributed by atoms with Crippen molar-refractivity contribution in [1.82, 2.24) is 0 Å². The number of hydrogen-bond donors (Lipinski definition) is 1. The van der Waals surface area contributed by atoms with E-state index in [-0.39, 0.29) is 4.90 Å². The maximum atomic E-state index is 12.0. The summed E-state index contributed by atoms with van der Waals surface area (Å²) >= 11 is 3.29. The molecule has 1 N–H and O–H groups in total. The molecule has 0 saturated heterocycles. The molecule has 0 spiro atoms. The van der Waals surface area contributed by atoms with Crippen molar-refractivity contribution in [3.05, 3.63) is 59.1 Å². The number of rotatable bonds is 3. The van der Waals surface area contributed by atoms with Crippen molar-refractivity contribution in [2.75, 3.05) is 4.72 Å². The minimum absolute atomic E-state index is 0.253. The Hall–Kier alpha value is -1.33. The third-order valence-corrected chi connectivity index (χ3v) is 4.08. The van der Waals surface area contributed by atoms with Crippen molar-refractivity contribution in [2.24, 2.45) is 0 Å². The number of anilines is 1. The predicted molar refractivity (Wildman–Crippen MR) is 71.4 cm³/mol. The lowest BCUT2D eigenvalue weighted by Crippen LogP contribution is -2.12. The number of halogens is 1. The van der Waals surface area contributed by atoms with E-state index in [0.717, 1.165) is 4.47 Å². The summed E-state index contributed by atoms with van der Waals surface area (Å²) in [5, 5.41) is 0. The van der Waals surface area contributed by atoms with E-state index in [1.54, 1.807) is 54.6 Å². The molecule has 0 fully saturated rings. The van der Waals surface area contributed by atoms with E-state index in [4.69, 9.17) is 0 Å². The molecule has 0 aliphatic carbocycles. The molecule has 0 amide bonds. The van der Waals surface area contributed by atoms with E-state index in [0.29, 0.717) is 5.69 Å². The van der Waals surface area contributed by atoms with Crippen LogP contribution in [0.4, 0.5) is 5.69 Å². The van der Waals surface area contributed by atoms with Gasteiger partial charge in [-0.05, 0) is 36.4 Å². The quantitative estimate of drug-likeness (QED) is 0.945. The van der Waals surface area contributed by atoms with Gasteiger partial charge in [-0.25, -0.2) is 8.42 Å². The van der Waals surface area contributed by atoms with Gasteiger partial charge in [0.2, 0.25) is 0 Å². The van der Waals surface area contributed by atoms with Crippen LogP contribution >= 0.6 is 15.9 Å². The molecule has 5 heteroatoms. The standard InChI is InChI=1S/C12H10BrNO2S/c13-10-6-8-11(9-7-10)14-17(15,16)12-4-2-1-3-5-12/h1-9,14H. The van der Waals surface area contributed by atoms with E-state index < -0.39 is 10.0 Å². The van der Waals surface area contributed by atoms with E-state index in [1.807, 2.05) is 0 Å². The van der Waals surface area contributed by atoms with Gasteiger partial charge in [-0.1, -0.05) is 34.1 Å². The lowest BCUT2D eigenvalue weighted by atomic mass is 10.3. The van der Waals surface area contributed by atoms with Crippen molar-refractivity contribution >= 4 is 31.6 Å². The Morgan fingerprint density at radius 2 is 1.47 bits per heavy atom. The summed E-state index contributed by atoms with van der Waals surface area (Å²) in [6.45, 7) is 0. The highest BCUT2D eigenvalue weighted by Crippen LogP contribution is 2.18. The molecule has 2 rings (SSSR count). The van der Waals surface area contributed by atoms with Crippen LogP contribution in [0.25, 0.3) is 0 Å². The molecule has 0 aliphatic rings. The second-order valence-corrected chi connectivity index (χ2v) is 6.02. The lowest BCUT2D eigenvalue weighted by molar-refractivity contribution is 0.601. The van der Waals surface area contributed by atoms with Crippen LogP contribution in [0, 0.1) is 0 Å². The van der Waals surface area contributed by atoms with Crippen LogP contribution in [0.5, 0.6) is 0 Å². The number of benzene rings is 2. The highest BCUT2D eigenvalue weighted by atomic mass is 79.9. The fraction of sp³-hybridized carbons (Fsp3) is 0. The van der Waals surface area contributed by atoms with Crippen LogP contribution in [-0.2, 0) is 10.0 Å². The monoisotopic (exact) mass is 311 g/mol. The average Bonchev–Trinajstić information content (AvgIpc) is 2.33. The molecule has 88 valence electrons. The molecular weight excluding hydrogens is 302 g/mol. The van der Waals surface area contributed by atoms with Crippen LogP contribution in [0.1, 0.15) is 0 Å². The molecule has 2 aromatic rings. The lowest BCUT2D eigenvalue weighted by Gasteiger charge is -2.07. The first-order chi connectivity index (χ1) is 8.08. The third-order valence-electron chi connectivity index (χ3n) is 2.15. The highest BCUT2D eigenvalue weighted by Gasteiger charge is 2.12. The predicted octanol–water partition coefficient (Wildman–Crippen LogP) is 3.25. The average molecular weight is 312 g/mol. The normalized spacial score (nSPS) is 11.1. The summed E-state index contributed by atoms with van der Waals surface area (Å²) in [5.41, 5.74) is 0.539. The van der Waals surface area contributed by atoms with Gasteiger partial charge in [0.25, 0.3) is 10.0 Å². The molecular formula is C12H10BrNO2S. The highest BCUT2D eigenvalue weighted by molar-refractivity contribution is 9.10. The maximum Gasteiger partial charge on any atom is 0.261 e. The van der Waals surface area contributed by atoms with E-state index in [1.165, 1.54) is 0 Å². The molecule has 0 radical (unpaired) electrons. The second-order valence-electron chi connectivity index (χ2n) is 3.43. The topological polar surface area (TPSA) is 46.2 Å². The Labute approximate surface area is 109 Å². The van der Waals surface area contributed by atoms with Crippen molar-refractivity contribution in [3.8, 4) is 0 Å². The smallest absolute Gasteiger partial charge is 0.261 e. The molecule has 0 atom stereocenters. The van der Waals surface area contributed by atoms with Crippen LogP contribution in [0.3, 0.4) is 0 Å². The minimum Gasteiger partial charge on any atom is -0.280 e. The van der Waals surface area contributed by atoms with Gasteiger partial charge in [0, 0.05) is 10.2 Å². The first-order valence-corrected chi connectivity index (χ1v) is 7.19. The zero-order valence-electron chi connectivity index (χ0n) is 8.80. The molecule has 0 bridgehead atoms. The van der Waals surface area contributed by atoms with Crippen LogP contribution in [0.15, 0.2) is 64.0 Å². The summed E-state index contributed by atoms with van der Waals surface area (Å²) in [6, 6.07) is 15.2. The second kappa shape index (κ2) is 4.89. The molecule has 2 aromatic carbocycles. The van der Waals surface area contributed by atoms with Gasteiger partial charge in [0.1, 0.15) is 0 Å². The summed E-state index contributed by atoms with van der Waals surface area (Å²) in [5.74, 6) is 0. The number of nitrogens with one attached hydrogen (secondary N) is 1. The third kappa shape index (κ3) is 3.08. The zero-order valence-corrected chi connectivity index (χ0v) is 11.2. The first kappa shape index (κ1) is 12.1. The zero-order chi connectivity index (χ0) is 12.3. The summed E-state index contributed by atoms with van der Waals surface area (Å²) in [4.78, 5) is 0.253. The van der Waals surface area contributed by atoms with Crippen molar-refractivity contribution in [1.29, 1.82) is 0 Å². The van der Waals surface area contributed by atoms with Crippen molar-refractivity contribution in [2.45, 2.75) is 4.90 Å². The van der Waals surface area contributed by atoms with Crippen LogP contribution in [0.2, 0.25) is 0 Å². The minimum atomic E-state index is -3.49. The van der Waals surface area contributed by atoms with Gasteiger partial charge in [-0.15, -0.1) is 0 Å². The van der Waals surface area contributed by atoms with E-state index in [9.17, 15) is 8.42 Å². The van der Waals surface area contributed by atoms with Gasteiger partial charge < -0.3 is 0 Å². The largest absolute Gasteiger partial charge is 0.280 e. The Kier molecular flexibility index (Phi) is 3.49. The molecule has 0 aromatic heterocycles. The van der Waals surface area contributed by atoms with Gasteiger partial charge >= 0.3 is 0 Å².